The summed E-state index contributed by atoms with van der Waals surface area (Å²) in [6, 6.07) is 20.7. The molecule has 5 nitrogen and oxygen atoms in total. The van der Waals surface area contributed by atoms with Crippen LogP contribution in [-0.4, -0.2) is 58.9 Å². The maximum atomic E-state index is 13.1. The van der Waals surface area contributed by atoms with Crippen LogP contribution in [0.3, 0.4) is 0 Å². The zero-order valence-electron chi connectivity index (χ0n) is 18.2. The van der Waals surface area contributed by atoms with Crippen molar-refractivity contribution in [3.8, 4) is 0 Å². The van der Waals surface area contributed by atoms with Gasteiger partial charge in [-0.3, -0.25) is 4.79 Å². The number of benzene rings is 3. The van der Waals surface area contributed by atoms with E-state index in [1.165, 1.54) is 26.6 Å². The maximum absolute atomic E-state index is 13.1. The second-order valence-electron chi connectivity index (χ2n) is 8.76. The summed E-state index contributed by atoms with van der Waals surface area (Å²) >= 11 is 3.66. The van der Waals surface area contributed by atoms with Crippen molar-refractivity contribution >= 4 is 46.1 Å². The van der Waals surface area contributed by atoms with Crippen LogP contribution in [0.15, 0.2) is 81.6 Å². The molecular formula is C26H25N3O2S2. The van der Waals surface area contributed by atoms with E-state index in [2.05, 4.69) is 33.9 Å². The van der Waals surface area contributed by atoms with Gasteiger partial charge in [-0.1, -0.05) is 42.5 Å². The fraction of sp³-hybridized carbons (Fsp3) is 0.269. The Bertz CT molecular complexity index is 1260. The van der Waals surface area contributed by atoms with Gasteiger partial charge in [0, 0.05) is 41.7 Å². The Hall–Kier alpha value is -2.45. The number of anilines is 1. The molecule has 3 aliphatic rings. The van der Waals surface area contributed by atoms with E-state index in [4.69, 9.17) is 0 Å². The van der Waals surface area contributed by atoms with Gasteiger partial charge in [-0.25, -0.2) is 4.31 Å². The molecule has 3 aromatic carbocycles. The quantitative estimate of drug-likeness (QED) is 0.417. The average Bonchev–Trinajstić information content (AvgIpc) is 3.24. The second kappa shape index (κ2) is 8.72. The van der Waals surface area contributed by atoms with Gasteiger partial charge in [0.2, 0.25) is 5.91 Å². The molecule has 0 aliphatic carbocycles. The fourth-order valence-electron chi connectivity index (χ4n) is 4.60. The first kappa shape index (κ1) is 21.1. The zero-order chi connectivity index (χ0) is 22.4. The molecule has 33 heavy (non-hydrogen) atoms. The summed E-state index contributed by atoms with van der Waals surface area (Å²) in [6.45, 7) is 3.13. The van der Waals surface area contributed by atoms with Gasteiger partial charge in [0.25, 0.3) is 0 Å². The first-order chi connectivity index (χ1) is 16.2. The molecule has 3 aliphatic heterocycles. The largest absolute Gasteiger partial charge is 0.395 e. The molecule has 0 saturated carbocycles. The molecule has 1 unspecified atom stereocenters. The van der Waals surface area contributed by atoms with Gasteiger partial charge in [-0.15, -0.1) is 11.8 Å². The van der Waals surface area contributed by atoms with Crippen molar-refractivity contribution in [2.24, 2.45) is 0 Å². The van der Waals surface area contributed by atoms with E-state index in [1.807, 2.05) is 65.0 Å². The van der Waals surface area contributed by atoms with Crippen molar-refractivity contribution in [1.29, 1.82) is 0 Å². The van der Waals surface area contributed by atoms with E-state index in [-0.39, 0.29) is 12.5 Å². The number of nitrogens with zero attached hydrogens (tertiary/aromatic N) is 2. The number of rotatable bonds is 5. The van der Waals surface area contributed by atoms with Crippen LogP contribution < -0.4 is 5.32 Å². The van der Waals surface area contributed by atoms with Crippen molar-refractivity contribution in [3.63, 3.8) is 0 Å². The van der Waals surface area contributed by atoms with E-state index >= 15 is 0 Å². The molecule has 3 heterocycles. The van der Waals surface area contributed by atoms with Crippen molar-refractivity contribution in [2.45, 2.75) is 15.7 Å². The first-order valence-corrected chi connectivity index (χ1v) is 13.0. The number of likely N-dealkylation sites (tertiary alicyclic amines) is 1. The van der Waals surface area contributed by atoms with Gasteiger partial charge in [0.05, 0.1) is 18.4 Å². The highest BCUT2D eigenvalue weighted by atomic mass is 32.2. The lowest BCUT2D eigenvalue weighted by molar-refractivity contribution is -0.135. The molecule has 0 aromatic heterocycles. The van der Waals surface area contributed by atoms with Gasteiger partial charge in [-0.2, -0.15) is 0 Å². The molecule has 3 aromatic rings. The van der Waals surface area contributed by atoms with Crippen molar-refractivity contribution < 1.29 is 9.90 Å². The number of hydrogen-bond acceptors (Lipinski definition) is 6. The van der Waals surface area contributed by atoms with Gasteiger partial charge in [0.1, 0.15) is 0 Å². The average molecular weight is 476 g/mol. The van der Waals surface area contributed by atoms with Gasteiger partial charge in [-0.05, 0) is 57.6 Å². The summed E-state index contributed by atoms with van der Waals surface area (Å²) in [5.74, 6) is 0.477. The van der Waals surface area contributed by atoms with Crippen LogP contribution >= 0.6 is 23.7 Å². The minimum Gasteiger partial charge on any atom is -0.395 e. The number of hydrogen-bond donors (Lipinski definition) is 2. The first-order valence-electron chi connectivity index (χ1n) is 11.2. The van der Waals surface area contributed by atoms with Gasteiger partial charge < -0.3 is 15.3 Å². The lowest BCUT2D eigenvalue weighted by Gasteiger charge is -2.42. The van der Waals surface area contributed by atoms with E-state index in [0.717, 1.165) is 35.3 Å². The lowest BCUT2D eigenvalue weighted by atomic mass is 9.91. The van der Waals surface area contributed by atoms with Crippen LogP contribution in [-0.2, 0) is 4.79 Å². The molecular weight excluding hydrogens is 450 g/mol. The summed E-state index contributed by atoms with van der Waals surface area (Å²) in [4.78, 5) is 17.6. The predicted molar refractivity (Wildman–Crippen MR) is 136 cm³/mol. The fourth-order valence-corrected chi connectivity index (χ4v) is 6.60. The third kappa shape index (κ3) is 4.04. The van der Waals surface area contributed by atoms with Crippen LogP contribution in [0.25, 0.3) is 10.8 Å². The van der Waals surface area contributed by atoms with Crippen LogP contribution in [0.1, 0.15) is 11.5 Å². The van der Waals surface area contributed by atoms with Crippen molar-refractivity contribution in [2.75, 3.05) is 44.0 Å². The highest BCUT2D eigenvalue weighted by Gasteiger charge is 2.35. The SMILES string of the molecule is O=C(C(CO)c1ccc2ccccc2c1)N1CC(=C2CN(Sc3ccc4c(c3)SCN4)C2)C1. The monoisotopic (exact) mass is 475 g/mol. The van der Waals surface area contributed by atoms with Crippen molar-refractivity contribution in [3.05, 3.63) is 77.4 Å². The summed E-state index contributed by atoms with van der Waals surface area (Å²) in [5.41, 5.74) is 4.95. The highest BCUT2D eigenvalue weighted by molar-refractivity contribution is 8.00. The van der Waals surface area contributed by atoms with E-state index in [0.29, 0.717) is 13.1 Å². The number of aliphatic hydroxyl groups excluding tert-OH is 1. The number of nitrogens with one attached hydrogen (secondary N) is 1. The Morgan fingerprint density at radius 2 is 1.79 bits per heavy atom. The Labute approximate surface area is 202 Å². The molecule has 0 radical (unpaired) electrons. The van der Waals surface area contributed by atoms with Crippen LogP contribution in [0, 0.1) is 0 Å². The number of fused-ring (bicyclic) bond motifs is 2. The topological polar surface area (TPSA) is 55.8 Å². The van der Waals surface area contributed by atoms with E-state index in [9.17, 15) is 9.90 Å². The number of carbonyl (C=O) groups is 1. The Balaban J connectivity index is 1.06. The van der Waals surface area contributed by atoms with Crippen LogP contribution in [0.4, 0.5) is 5.69 Å². The second-order valence-corrected chi connectivity index (χ2v) is 10.9. The summed E-state index contributed by atoms with van der Waals surface area (Å²) < 4.78 is 2.37. The molecule has 0 spiro atoms. The number of thioether (sulfide) groups is 1. The minimum absolute atomic E-state index is 0.0203. The molecule has 7 heteroatoms. The number of aliphatic hydroxyl groups is 1. The molecule has 2 fully saturated rings. The maximum Gasteiger partial charge on any atom is 0.233 e. The summed E-state index contributed by atoms with van der Waals surface area (Å²) in [7, 11) is 0. The third-order valence-electron chi connectivity index (χ3n) is 6.64. The molecule has 2 N–H and O–H groups in total. The Morgan fingerprint density at radius 3 is 2.61 bits per heavy atom. The standard InChI is InChI=1S/C26H25N3O2S2/c30-15-23(19-6-5-17-3-1-2-4-18(17)9-19)26(31)28-11-20(12-28)21-13-29(14-21)33-22-7-8-24-25(10-22)32-16-27-24/h1-10,23,27,30H,11-16H2. The van der Waals surface area contributed by atoms with Gasteiger partial charge >= 0.3 is 0 Å². The molecule has 1 amide bonds. The molecule has 2 saturated heterocycles. The normalized spacial score (nSPS) is 18.5. The highest BCUT2D eigenvalue weighted by Crippen LogP contribution is 2.39. The third-order valence-corrected chi connectivity index (χ3v) is 8.56. The number of carbonyl (C=O) groups excluding carboxylic acids is 1. The minimum atomic E-state index is -0.498. The molecule has 0 bridgehead atoms. The predicted octanol–water partition coefficient (Wildman–Crippen LogP) is 4.55. The zero-order valence-corrected chi connectivity index (χ0v) is 19.8. The molecule has 1 atom stereocenters. The summed E-state index contributed by atoms with van der Waals surface area (Å²) in [6.07, 6.45) is 0. The molecule has 6 rings (SSSR count). The smallest absolute Gasteiger partial charge is 0.233 e. The molecule has 168 valence electrons. The van der Waals surface area contributed by atoms with Gasteiger partial charge in [0.15, 0.2) is 0 Å². The van der Waals surface area contributed by atoms with Crippen molar-refractivity contribution in [1.82, 2.24) is 9.21 Å². The van der Waals surface area contributed by atoms with E-state index < -0.39 is 5.92 Å². The van der Waals surface area contributed by atoms with Crippen LogP contribution in [0.5, 0.6) is 0 Å². The Morgan fingerprint density at radius 1 is 1.00 bits per heavy atom. The van der Waals surface area contributed by atoms with Crippen LogP contribution in [0.2, 0.25) is 0 Å². The number of amides is 1. The summed E-state index contributed by atoms with van der Waals surface area (Å²) in [5, 5.41) is 15.6. The van der Waals surface area contributed by atoms with E-state index in [1.54, 1.807) is 0 Å². The lowest BCUT2D eigenvalue weighted by Crippen LogP contribution is -2.50. The Kier molecular flexibility index (Phi) is 5.58.